The highest BCUT2D eigenvalue weighted by Crippen LogP contribution is 2.46. The predicted octanol–water partition coefficient (Wildman–Crippen LogP) is 8.12. The number of benzene rings is 4. The topological polar surface area (TPSA) is 40.5 Å². The van der Waals surface area contributed by atoms with Gasteiger partial charge in [0.05, 0.1) is 0 Å². The normalized spacial score (nSPS) is 11.4. The SMILES string of the molecule is Oc1ccc2cc(Br)c(Br)cc2c1-c1c(O)ccc2cc(Br)c(Br)cc12. The molecule has 0 bridgehead atoms. The van der Waals surface area contributed by atoms with Gasteiger partial charge in [-0.05, 0) is 122 Å². The third-order valence-corrected chi connectivity index (χ3v) is 8.02. The Hall–Kier alpha value is -1.08. The van der Waals surface area contributed by atoms with E-state index in [0.717, 1.165) is 39.4 Å². The van der Waals surface area contributed by atoms with Crippen molar-refractivity contribution in [1.29, 1.82) is 0 Å². The summed E-state index contributed by atoms with van der Waals surface area (Å²) in [6.45, 7) is 0. The predicted molar refractivity (Wildman–Crippen MR) is 121 cm³/mol. The maximum Gasteiger partial charge on any atom is 0.124 e. The minimum atomic E-state index is 0.119. The fourth-order valence-electron chi connectivity index (χ4n) is 3.14. The minimum absolute atomic E-state index is 0.119. The first-order valence-corrected chi connectivity index (χ1v) is 10.8. The molecule has 0 spiro atoms. The molecule has 0 unspecified atom stereocenters. The second kappa shape index (κ2) is 6.82. The molecule has 0 fully saturated rings. The van der Waals surface area contributed by atoms with Crippen molar-refractivity contribution >= 4 is 85.3 Å². The number of halogens is 4. The molecule has 2 N–H and O–H groups in total. The van der Waals surface area contributed by atoms with E-state index in [1.54, 1.807) is 12.1 Å². The van der Waals surface area contributed by atoms with E-state index >= 15 is 0 Å². The zero-order valence-electron chi connectivity index (χ0n) is 13.0. The van der Waals surface area contributed by atoms with Crippen LogP contribution in [0.1, 0.15) is 0 Å². The van der Waals surface area contributed by atoms with Crippen LogP contribution in [0.2, 0.25) is 0 Å². The Kier molecular flexibility index (Phi) is 4.80. The number of hydrogen-bond acceptors (Lipinski definition) is 2. The lowest BCUT2D eigenvalue weighted by molar-refractivity contribution is 0.470. The van der Waals surface area contributed by atoms with Crippen LogP contribution in [-0.2, 0) is 0 Å². The Labute approximate surface area is 183 Å². The van der Waals surface area contributed by atoms with E-state index in [2.05, 4.69) is 63.7 Å². The van der Waals surface area contributed by atoms with Crippen molar-refractivity contribution in [3.05, 3.63) is 66.4 Å². The molecular weight excluding hydrogens is 592 g/mol. The van der Waals surface area contributed by atoms with Gasteiger partial charge in [0.2, 0.25) is 0 Å². The second-order valence-electron chi connectivity index (χ2n) is 5.89. The quantitative estimate of drug-likeness (QED) is 0.231. The Bertz CT molecular complexity index is 1110. The lowest BCUT2D eigenvalue weighted by Gasteiger charge is -2.15. The molecule has 130 valence electrons. The number of fused-ring (bicyclic) bond motifs is 2. The minimum Gasteiger partial charge on any atom is -0.507 e. The molecule has 4 rings (SSSR count). The molecule has 0 heterocycles. The maximum absolute atomic E-state index is 10.7. The number of aromatic hydroxyl groups is 2. The van der Waals surface area contributed by atoms with Gasteiger partial charge in [0.1, 0.15) is 11.5 Å². The second-order valence-corrected chi connectivity index (χ2v) is 9.31. The smallest absolute Gasteiger partial charge is 0.124 e. The summed E-state index contributed by atoms with van der Waals surface area (Å²) in [5.41, 5.74) is 1.21. The Morgan fingerprint density at radius 3 is 1.23 bits per heavy atom. The van der Waals surface area contributed by atoms with Crippen LogP contribution in [0.5, 0.6) is 11.5 Å². The summed E-state index contributed by atoms with van der Waals surface area (Å²) in [6.07, 6.45) is 0. The van der Waals surface area contributed by atoms with Gasteiger partial charge in [-0.3, -0.25) is 0 Å². The molecule has 0 aliphatic rings. The highest BCUT2D eigenvalue weighted by atomic mass is 79.9. The van der Waals surface area contributed by atoms with Gasteiger partial charge < -0.3 is 10.2 Å². The van der Waals surface area contributed by atoms with E-state index in [9.17, 15) is 10.2 Å². The first-order valence-electron chi connectivity index (χ1n) is 7.58. The van der Waals surface area contributed by atoms with Gasteiger partial charge in [0, 0.05) is 29.0 Å². The van der Waals surface area contributed by atoms with Gasteiger partial charge in [-0.25, -0.2) is 0 Å². The first kappa shape index (κ1) is 18.3. The third-order valence-electron chi connectivity index (χ3n) is 4.33. The van der Waals surface area contributed by atoms with E-state index in [-0.39, 0.29) is 11.5 Å². The summed E-state index contributed by atoms with van der Waals surface area (Å²) in [5.74, 6) is 0.238. The fraction of sp³-hybridized carbons (Fsp3) is 0. The standard InChI is InChI=1S/C20H10Br4O2/c21-13-5-9-1-3-17(25)19(11(9)7-15(13)23)20-12-8-16(24)14(22)6-10(12)2-4-18(20)26/h1-8,25-26H. The van der Waals surface area contributed by atoms with Crippen LogP contribution >= 0.6 is 63.7 Å². The Morgan fingerprint density at radius 1 is 0.500 bits per heavy atom. The first-order chi connectivity index (χ1) is 12.4. The highest BCUT2D eigenvalue weighted by molar-refractivity contribution is 9.13. The van der Waals surface area contributed by atoms with Crippen LogP contribution in [0, 0.1) is 0 Å². The van der Waals surface area contributed by atoms with E-state index < -0.39 is 0 Å². The average molecular weight is 602 g/mol. The van der Waals surface area contributed by atoms with E-state index in [0.29, 0.717) is 11.1 Å². The molecule has 0 aliphatic heterocycles. The summed E-state index contributed by atoms with van der Waals surface area (Å²) in [5, 5.41) is 25.0. The molecular formula is C20H10Br4O2. The lowest BCUT2D eigenvalue weighted by atomic mass is 9.92. The fourth-order valence-corrected chi connectivity index (χ4v) is 4.55. The molecule has 0 aromatic heterocycles. The third kappa shape index (κ3) is 2.97. The van der Waals surface area contributed by atoms with Gasteiger partial charge >= 0.3 is 0 Å². The van der Waals surface area contributed by atoms with Crippen LogP contribution in [0.4, 0.5) is 0 Å². The molecule has 0 saturated carbocycles. The van der Waals surface area contributed by atoms with Crippen LogP contribution in [0.25, 0.3) is 32.7 Å². The molecule has 0 saturated heterocycles. The van der Waals surface area contributed by atoms with Crippen molar-refractivity contribution < 1.29 is 10.2 Å². The van der Waals surface area contributed by atoms with Crippen molar-refractivity contribution in [3.63, 3.8) is 0 Å². The van der Waals surface area contributed by atoms with E-state index in [1.807, 2.05) is 36.4 Å². The molecule has 2 nitrogen and oxygen atoms in total. The molecule has 26 heavy (non-hydrogen) atoms. The number of phenolic OH excluding ortho intramolecular Hbond substituents is 2. The Balaban J connectivity index is 2.20. The van der Waals surface area contributed by atoms with E-state index in [4.69, 9.17) is 0 Å². The van der Waals surface area contributed by atoms with Crippen LogP contribution < -0.4 is 0 Å². The monoisotopic (exact) mass is 598 g/mol. The van der Waals surface area contributed by atoms with E-state index in [1.165, 1.54) is 0 Å². The Morgan fingerprint density at radius 2 is 0.846 bits per heavy atom. The molecule has 4 aromatic rings. The van der Waals surface area contributed by atoms with Crippen molar-refractivity contribution in [3.8, 4) is 22.6 Å². The van der Waals surface area contributed by atoms with Gasteiger partial charge in [-0.1, -0.05) is 12.1 Å². The number of phenols is 2. The van der Waals surface area contributed by atoms with Gasteiger partial charge in [-0.15, -0.1) is 0 Å². The molecule has 0 atom stereocenters. The summed E-state index contributed by atoms with van der Waals surface area (Å²) in [7, 11) is 0. The van der Waals surface area contributed by atoms with Crippen LogP contribution in [0.3, 0.4) is 0 Å². The van der Waals surface area contributed by atoms with Crippen molar-refractivity contribution in [1.82, 2.24) is 0 Å². The summed E-state index contributed by atoms with van der Waals surface area (Å²) in [4.78, 5) is 0. The number of hydrogen-bond donors (Lipinski definition) is 2. The zero-order chi connectivity index (χ0) is 18.6. The van der Waals surface area contributed by atoms with Crippen LogP contribution in [0.15, 0.2) is 66.4 Å². The summed E-state index contributed by atoms with van der Waals surface area (Å²) >= 11 is 14.1. The molecule has 0 aliphatic carbocycles. The molecule has 0 radical (unpaired) electrons. The molecule has 4 aromatic carbocycles. The zero-order valence-corrected chi connectivity index (χ0v) is 19.4. The average Bonchev–Trinajstić information content (AvgIpc) is 2.59. The largest absolute Gasteiger partial charge is 0.507 e. The molecule has 0 amide bonds. The number of rotatable bonds is 1. The summed E-state index contributed by atoms with van der Waals surface area (Å²) < 4.78 is 3.60. The van der Waals surface area contributed by atoms with Crippen molar-refractivity contribution in [2.75, 3.05) is 0 Å². The van der Waals surface area contributed by atoms with Crippen molar-refractivity contribution in [2.45, 2.75) is 0 Å². The maximum atomic E-state index is 10.7. The van der Waals surface area contributed by atoms with Gasteiger partial charge in [0.15, 0.2) is 0 Å². The lowest BCUT2D eigenvalue weighted by Crippen LogP contribution is -1.88. The highest BCUT2D eigenvalue weighted by Gasteiger charge is 2.18. The van der Waals surface area contributed by atoms with Gasteiger partial charge in [0.25, 0.3) is 0 Å². The van der Waals surface area contributed by atoms with Gasteiger partial charge in [-0.2, -0.15) is 0 Å². The van der Waals surface area contributed by atoms with Crippen LogP contribution in [-0.4, -0.2) is 10.2 Å². The summed E-state index contributed by atoms with van der Waals surface area (Å²) in [6, 6.07) is 14.9. The van der Waals surface area contributed by atoms with Crippen molar-refractivity contribution in [2.24, 2.45) is 0 Å². The molecule has 6 heteroatoms.